The van der Waals surface area contributed by atoms with Crippen LogP contribution >= 0.6 is 0 Å². The quantitative estimate of drug-likeness (QED) is 0.642. The van der Waals surface area contributed by atoms with Crippen LogP contribution in [0.2, 0.25) is 0 Å². The second-order valence-electron chi connectivity index (χ2n) is 7.06. The Morgan fingerprint density at radius 3 is 2.23 bits per heavy atom. The molecule has 0 N–H and O–H groups in total. The van der Waals surface area contributed by atoms with Gasteiger partial charge in [-0.25, -0.2) is 17.5 Å². The van der Waals surface area contributed by atoms with Crippen LogP contribution in [0.25, 0.3) is 0 Å². The number of sulfonamides is 1. The average Bonchev–Trinajstić information content (AvgIpc) is 2.62. The molecule has 0 radical (unpaired) electrons. The van der Waals surface area contributed by atoms with Crippen LogP contribution in [0.3, 0.4) is 0 Å². The van der Waals surface area contributed by atoms with Gasteiger partial charge in [-0.1, -0.05) is 19.3 Å². The van der Waals surface area contributed by atoms with Crippen molar-refractivity contribution < 1.29 is 27.5 Å². The van der Waals surface area contributed by atoms with E-state index in [2.05, 4.69) is 4.74 Å². The molecule has 1 saturated carbocycles. The molecule has 2 aliphatic rings. The van der Waals surface area contributed by atoms with Crippen molar-refractivity contribution in [3.63, 3.8) is 0 Å². The van der Waals surface area contributed by atoms with E-state index in [4.69, 9.17) is 4.74 Å². The predicted octanol–water partition coefficient (Wildman–Crippen LogP) is 1.74. The largest absolute Gasteiger partial charge is 0.469 e. The van der Waals surface area contributed by atoms with Crippen molar-refractivity contribution in [2.24, 2.45) is 0 Å². The van der Waals surface area contributed by atoms with E-state index in [-0.39, 0.29) is 24.5 Å². The lowest BCUT2D eigenvalue weighted by Gasteiger charge is -2.36. The summed E-state index contributed by atoms with van der Waals surface area (Å²) >= 11 is 0. The number of carbonyl (C=O) groups is 2. The first-order valence-electron chi connectivity index (χ1n) is 9.30. The first kappa shape index (κ1) is 21.0. The molecular formula is C17H30N2O6S. The summed E-state index contributed by atoms with van der Waals surface area (Å²) in [6, 6.07) is 0.0945. The van der Waals surface area contributed by atoms with Gasteiger partial charge in [0, 0.05) is 25.7 Å². The molecule has 0 aromatic carbocycles. The highest BCUT2D eigenvalue weighted by Gasteiger charge is 2.31. The number of hydrogen-bond donors (Lipinski definition) is 0. The Bertz CT molecular complexity index is 580. The summed E-state index contributed by atoms with van der Waals surface area (Å²) < 4.78 is 34.9. The van der Waals surface area contributed by atoms with Crippen LogP contribution in [0.4, 0.5) is 4.79 Å². The molecule has 0 aromatic rings. The Hall–Kier alpha value is -1.35. The van der Waals surface area contributed by atoms with Crippen LogP contribution in [0.15, 0.2) is 0 Å². The summed E-state index contributed by atoms with van der Waals surface area (Å²) in [5, 5.41) is 0. The molecule has 0 atom stereocenters. The van der Waals surface area contributed by atoms with Gasteiger partial charge in [0.2, 0.25) is 10.0 Å². The van der Waals surface area contributed by atoms with E-state index >= 15 is 0 Å². The Morgan fingerprint density at radius 2 is 1.69 bits per heavy atom. The number of piperidine rings is 1. The SMILES string of the molecule is COC(=O)CCN(C(=O)OC1CCN(S(C)(=O)=O)CC1)C1CCCCC1. The van der Waals surface area contributed by atoms with Crippen molar-refractivity contribution in [3.05, 3.63) is 0 Å². The average molecular weight is 391 g/mol. The Labute approximate surface area is 155 Å². The van der Waals surface area contributed by atoms with Gasteiger partial charge in [-0.15, -0.1) is 0 Å². The van der Waals surface area contributed by atoms with E-state index in [1.165, 1.54) is 24.1 Å². The van der Waals surface area contributed by atoms with Crippen LogP contribution in [0.1, 0.15) is 51.4 Å². The van der Waals surface area contributed by atoms with E-state index in [9.17, 15) is 18.0 Å². The minimum absolute atomic E-state index is 0.0945. The van der Waals surface area contributed by atoms with Gasteiger partial charge < -0.3 is 14.4 Å². The van der Waals surface area contributed by atoms with Crippen molar-refractivity contribution in [3.8, 4) is 0 Å². The number of amides is 1. The highest BCUT2D eigenvalue weighted by atomic mass is 32.2. The molecule has 8 nitrogen and oxygen atoms in total. The second-order valence-corrected chi connectivity index (χ2v) is 9.04. The van der Waals surface area contributed by atoms with Gasteiger partial charge >= 0.3 is 12.1 Å². The van der Waals surface area contributed by atoms with Crippen molar-refractivity contribution in [2.45, 2.75) is 63.5 Å². The van der Waals surface area contributed by atoms with Crippen molar-refractivity contribution in [1.82, 2.24) is 9.21 Å². The van der Waals surface area contributed by atoms with Gasteiger partial charge in [0.15, 0.2) is 0 Å². The van der Waals surface area contributed by atoms with Crippen molar-refractivity contribution in [2.75, 3.05) is 33.0 Å². The highest BCUT2D eigenvalue weighted by Crippen LogP contribution is 2.25. The minimum atomic E-state index is -3.20. The number of hydrogen-bond acceptors (Lipinski definition) is 6. The molecule has 150 valence electrons. The van der Waals surface area contributed by atoms with E-state index in [0.29, 0.717) is 32.5 Å². The van der Waals surface area contributed by atoms with Gasteiger partial charge in [0.25, 0.3) is 0 Å². The van der Waals surface area contributed by atoms with Gasteiger partial charge in [0.05, 0.1) is 19.8 Å². The fraction of sp³-hybridized carbons (Fsp3) is 0.882. The van der Waals surface area contributed by atoms with Crippen LogP contribution in [0.5, 0.6) is 0 Å². The van der Waals surface area contributed by atoms with E-state index in [1.54, 1.807) is 4.90 Å². The molecule has 2 fully saturated rings. The number of nitrogens with zero attached hydrogens (tertiary/aromatic N) is 2. The molecule has 1 heterocycles. The minimum Gasteiger partial charge on any atom is -0.469 e. The van der Waals surface area contributed by atoms with Gasteiger partial charge in [-0.3, -0.25) is 4.79 Å². The van der Waals surface area contributed by atoms with Gasteiger partial charge in [-0.2, -0.15) is 0 Å². The fourth-order valence-electron chi connectivity index (χ4n) is 3.62. The lowest BCUT2D eigenvalue weighted by atomic mass is 9.94. The molecule has 1 amide bonds. The number of carbonyl (C=O) groups excluding carboxylic acids is 2. The summed E-state index contributed by atoms with van der Waals surface area (Å²) in [6.45, 7) is 1.02. The highest BCUT2D eigenvalue weighted by molar-refractivity contribution is 7.88. The van der Waals surface area contributed by atoms with E-state index in [1.807, 2.05) is 0 Å². The molecule has 9 heteroatoms. The van der Waals surface area contributed by atoms with Crippen molar-refractivity contribution >= 4 is 22.1 Å². The third kappa shape index (κ3) is 6.12. The van der Waals surface area contributed by atoms with E-state index in [0.717, 1.165) is 25.7 Å². The molecule has 1 saturated heterocycles. The maximum Gasteiger partial charge on any atom is 0.410 e. The first-order chi connectivity index (χ1) is 12.3. The number of methoxy groups -OCH3 is 1. The normalized spacial score (nSPS) is 20.5. The fourth-order valence-corrected chi connectivity index (χ4v) is 4.50. The zero-order chi connectivity index (χ0) is 19.2. The van der Waals surface area contributed by atoms with Crippen LogP contribution in [0, 0.1) is 0 Å². The Kier molecular flexibility index (Phi) is 7.69. The van der Waals surface area contributed by atoms with Crippen LogP contribution < -0.4 is 0 Å². The summed E-state index contributed by atoms with van der Waals surface area (Å²) in [4.78, 5) is 25.9. The standard InChI is InChI=1S/C17H30N2O6S/c1-24-16(20)10-13-19(14-6-4-3-5-7-14)17(21)25-15-8-11-18(12-9-15)26(2,22)23/h14-15H,3-13H2,1-2H3. The maximum absolute atomic E-state index is 12.7. The molecule has 1 aliphatic heterocycles. The molecule has 0 bridgehead atoms. The molecule has 0 aromatic heterocycles. The Morgan fingerprint density at radius 1 is 1.08 bits per heavy atom. The molecule has 0 unspecified atom stereocenters. The first-order valence-corrected chi connectivity index (χ1v) is 11.1. The number of esters is 1. The molecule has 0 spiro atoms. The number of rotatable bonds is 6. The maximum atomic E-state index is 12.7. The molecule has 1 aliphatic carbocycles. The van der Waals surface area contributed by atoms with E-state index < -0.39 is 16.1 Å². The zero-order valence-corrected chi connectivity index (χ0v) is 16.5. The molecule has 26 heavy (non-hydrogen) atoms. The summed E-state index contributed by atoms with van der Waals surface area (Å²) in [5.74, 6) is -0.347. The van der Waals surface area contributed by atoms with Crippen molar-refractivity contribution in [1.29, 1.82) is 0 Å². The zero-order valence-electron chi connectivity index (χ0n) is 15.7. The van der Waals surface area contributed by atoms with Gasteiger partial charge in [-0.05, 0) is 25.7 Å². The van der Waals surface area contributed by atoms with Crippen LogP contribution in [-0.2, 0) is 24.3 Å². The predicted molar refractivity (Wildman–Crippen MR) is 96.1 cm³/mol. The smallest absolute Gasteiger partial charge is 0.410 e. The topological polar surface area (TPSA) is 93.2 Å². The third-order valence-corrected chi connectivity index (χ3v) is 6.48. The van der Waals surface area contributed by atoms with Crippen LogP contribution in [-0.4, -0.2) is 74.8 Å². The number of ether oxygens (including phenoxy) is 2. The molecular weight excluding hydrogens is 360 g/mol. The summed E-state index contributed by atoms with van der Waals surface area (Å²) in [7, 11) is -1.87. The lowest BCUT2D eigenvalue weighted by molar-refractivity contribution is -0.141. The Balaban J connectivity index is 1.92. The monoisotopic (exact) mass is 390 g/mol. The second kappa shape index (κ2) is 9.55. The third-order valence-electron chi connectivity index (χ3n) is 5.17. The van der Waals surface area contributed by atoms with Gasteiger partial charge in [0.1, 0.15) is 6.10 Å². The molecule has 2 rings (SSSR count). The summed E-state index contributed by atoms with van der Waals surface area (Å²) in [5.41, 5.74) is 0. The summed E-state index contributed by atoms with van der Waals surface area (Å²) in [6.07, 6.45) is 6.78. The lowest BCUT2D eigenvalue weighted by Crippen LogP contribution is -2.46.